The molecule has 0 saturated heterocycles. The summed E-state index contributed by atoms with van der Waals surface area (Å²) >= 11 is 7.23. The predicted octanol–water partition coefficient (Wildman–Crippen LogP) is 3.39. The fourth-order valence-electron chi connectivity index (χ4n) is 2.34. The number of hydrogen-bond donors (Lipinski definition) is 1. The predicted molar refractivity (Wildman–Crippen MR) is 100 cm³/mol. The molecule has 9 heteroatoms. The lowest BCUT2D eigenvalue weighted by molar-refractivity contribution is -0.115. The second-order valence-electron chi connectivity index (χ2n) is 5.70. The van der Waals surface area contributed by atoms with Crippen LogP contribution in [0.3, 0.4) is 0 Å². The van der Waals surface area contributed by atoms with Crippen molar-refractivity contribution in [3.63, 3.8) is 0 Å². The quantitative estimate of drug-likeness (QED) is 0.690. The maximum absolute atomic E-state index is 12.4. The number of hydrogen-bond acceptors (Lipinski definition) is 6. The van der Waals surface area contributed by atoms with E-state index in [0.29, 0.717) is 27.2 Å². The molecule has 0 spiro atoms. The molecule has 1 amide bonds. The Labute approximate surface area is 159 Å². The largest absolute Gasteiger partial charge is 0.325 e. The Morgan fingerprint density at radius 3 is 2.81 bits per heavy atom. The lowest BCUT2D eigenvalue weighted by Gasteiger charge is -2.10. The molecule has 1 unspecified atom stereocenters. The van der Waals surface area contributed by atoms with Gasteiger partial charge in [0.15, 0.2) is 0 Å². The lowest BCUT2D eigenvalue weighted by atomic mass is 10.2. The van der Waals surface area contributed by atoms with E-state index < -0.39 is 5.25 Å². The number of nitriles is 1. The Morgan fingerprint density at radius 1 is 1.35 bits per heavy atom. The Hall–Kier alpha value is -2.63. The Balaban J connectivity index is 1.72. The lowest BCUT2D eigenvalue weighted by Crippen LogP contribution is -2.22. The molecule has 7 nitrogen and oxygen atoms in total. The van der Waals surface area contributed by atoms with Crippen LogP contribution in [0.15, 0.2) is 29.4 Å². The summed E-state index contributed by atoms with van der Waals surface area (Å²) < 4.78 is 1.65. The van der Waals surface area contributed by atoms with Gasteiger partial charge < -0.3 is 5.32 Å². The number of aryl methyl sites for hydroxylation is 2. The molecule has 3 rings (SSSR count). The van der Waals surface area contributed by atoms with Crippen molar-refractivity contribution < 1.29 is 4.79 Å². The van der Waals surface area contributed by atoms with Crippen LogP contribution in [0, 0.1) is 25.2 Å². The van der Waals surface area contributed by atoms with Gasteiger partial charge in [0.05, 0.1) is 15.8 Å². The molecular formula is C17H15ClN6OS. The van der Waals surface area contributed by atoms with E-state index in [0.717, 1.165) is 11.4 Å². The van der Waals surface area contributed by atoms with Gasteiger partial charge in [0.2, 0.25) is 11.1 Å². The molecule has 0 fully saturated rings. The summed E-state index contributed by atoms with van der Waals surface area (Å²) in [6.07, 6.45) is 0. The zero-order chi connectivity index (χ0) is 18.8. The Bertz CT molecular complexity index is 1040. The third-order valence-corrected chi connectivity index (χ3v) is 4.87. The van der Waals surface area contributed by atoms with Crippen LogP contribution in [-0.4, -0.2) is 30.7 Å². The van der Waals surface area contributed by atoms with Crippen molar-refractivity contribution in [1.82, 2.24) is 19.6 Å². The number of thioether (sulfide) groups is 1. The van der Waals surface area contributed by atoms with Crippen molar-refractivity contribution >= 4 is 40.7 Å². The van der Waals surface area contributed by atoms with Crippen LogP contribution in [0.1, 0.15) is 23.9 Å². The van der Waals surface area contributed by atoms with E-state index in [1.54, 1.807) is 29.6 Å². The summed E-state index contributed by atoms with van der Waals surface area (Å²) in [6.45, 7) is 5.59. The fraction of sp³-hybridized carbons (Fsp3) is 0.235. The van der Waals surface area contributed by atoms with Crippen LogP contribution in [0.4, 0.5) is 5.69 Å². The van der Waals surface area contributed by atoms with Crippen molar-refractivity contribution in [3.8, 4) is 6.07 Å². The third kappa shape index (κ3) is 3.79. The molecule has 1 N–H and O–H groups in total. The molecule has 132 valence electrons. The van der Waals surface area contributed by atoms with E-state index in [-0.39, 0.29) is 5.91 Å². The average Bonchev–Trinajstić information content (AvgIpc) is 2.97. The van der Waals surface area contributed by atoms with Crippen molar-refractivity contribution in [1.29, 1.82) is 5.26 Å². The molecule has 1 atom stereocenters. The standard InChI is InChI=1S/C17H15ClN6OS/c1-9-6-10(2)24-16(20-9)22-17(23-24)26-11(3)15(25)21-13-5-4-12(8-19)14(18)7-13/h4-7,11H,1-3H3,(H,21,25). The average molecular weight is 387 g/mol. The molecule has 2 aromatic heterocycles. The molecule has 1 aromatic carbocycles. The zero-order valence-corrected chi connectivity index (χ0v) is 15.9. The van der Waals surface area contributed by atoms with E-state index in [4.69, 9.17) is 16.9 Å². The first-order valence-electron chi connectivity index (χ1n) is 7.75. The number of rotatable bonds is 4. The molecule has 3 aromatic rings. The van der Waals surface area contributed by atoms with Gasteiger partial charge in [0.25, 0.3) is 5.78 Å². The molecule has 26 heavy (non-hydrogen) atoms. The summed E-state index contributed by atoms with van der Waals surface area (Å²) in [5, 5.41) is 16.4. The van der Waals surface area contributed by atoms with Gasteiger partial charge in [-0.2, -0.15) is 10.2 Å². The third-order valence-electron chi connectivity index (χ3n) is 3.61. The number of amides is 1. The SMILES string of the molecule is Cc1cc(C)n2nc(SC(C)C(=O)Nc3ccc(C#N)c(Cl)c3)nc2n1. The van der Waals surface area contributed by atoms with Gasteiger partial charge in [0, 0.05) is 17.1 Å². The molecule has 0 saturated carbocycles. The molecule has 0 bridgehead atoms. The van der Waals surface area contributed by atoms with Gasteiger partial charge in [-0.3, -0.25) is 4.79 Å². The second-order valence-corrected chi connectivity index (χ2v) is 7.42. The molecule has 2 heterocycles. The molecule has 0 aliphatic rings. The normalized spacial score (nSPS) is 12.0. The first-order valence-corrected chi connectivity index (χ1v) is 9.01. The number of carbonyl (C=O) groups is 1. The van der Waals surface area contributed by atoms with Gasteiger partial charge >= 0.3 is 0 Å². The number of fused-ring (bicyclic) bond motifs is 1. The number of anilines is 1. The highest BCUT2D eigenvalue weighted by Crippen LogP contribution is 2.24. The minimum absolute atomic E-state index is 0.213. The van der Waals surface area contributed by atoms with Crippen molar-refractivity contribution in [2.75, 3.05) is 5.32 Å². The van der Waals surface area contributed by atoms with E-state index in [2.05, 4.69) is 20.4 Å². The number of halogens is 1. The number of nitrogens with one attached hydrogen (secondary N) is 1. The van der Waals surface area contributed by atoms with E-state index in [9.17, 15) is 4.79 Å². The highest BCUT2D eigenvalue weighted by molar-refractivity contribution is 8.00. The molecular weight excluding hydrogens is 372 g/mol. The van der Waals surface area contributed by atoms with Gasteiger partial charge in [0.1, 0.15) is 6.07 Å². The topological polar surface area (TPSA) is 96.0 Å². The van der Waals surface area contributed by atoms with E-state index in [1.807, 2.05) is 26.0 Å². The molecule has 0 aliphatic heterocycles. The fourth-order valence-corrected chi connectivity index (χ4v) is 3.31. The van der Waals surface area contributed by atoms with Crippen molar-refractivity contribution in [2.24, 2.45) is 0 Å². The van der Waals surface area contributed by atoms with Crippen LogP contribution in [-0.2, 0) is 4.79 Å². The number of carbonyl (C=O) groups excluding carboxylic acids is 1. The maximum Gasteiger partial charge on any atom is 0.253 e. The maximum atomic E-state index is 12.4. The number of nitrogens with zero attached hydrogens (tertiary/aromatic N) is 5. The van der Waals surface area contributed by atoms with E-state index >= 15 is 0 Å². The van der Waals surface area contributed by atoms with Crippen LogP contribution >= 0.6 is 23.4 Å². The van der Waals surface area contributed by atoms with Crippen LogP contribution in [0.25, 0.3) is 5.78 Å². The minimum Gasteiger partial charge on any atom is -0.325 e. The van der Waals surface area contributed by atoms with Gasteiger partial charge in [-0.15, -0.1) is 5.10 Å². The van der Waals surface area contributed by atoms with Gasteiger partial charge in [-0.05, 0) is 45.0 Å². The van der Waals surface area contributed by atoms with Crippen molar-refractivity contribution in [3.05, 3.63) is 46.2 Å². The van der Waals surface area contributed by atoms with Crippen LogP contribution < -0.4 is 5.32 Å². The highest BCUT2D eigenvalue weighted by Gasteiger charge is 2.18. The Kier molecular flexibility index (Phi) is 5.11. The zero-order valence-electron chi connectivity index (χ0n) is 14.3. The second kappa shape index (κ2) is 7.32. The summed E-state index contributed by atoms with van der Waals surface area (Å²) in [5.41, 5.74) is 2.68. The molecule has 0 radical (unpaired) electrons. The summed E-state index contributed by atoms with van der Waals surface area (Å²) in [6, 6.07) is 8.65. The first kappa shape index (κ1) is 18.2. The van der Waals surface area contributed by atoms with Gasteiger partial charge in [-0.1, -0.05) is 23.4 Å². The summed E-state index contributed by atoms with van der Waals surface area (Å²) in [4.78, 5) is 21.1. The van der Waals surface area contributed by atoms with Crippen molar-refractivity contribution in [2.45, 2.75) is 31.2 Å². The summed E-state index contributed by atoms with van der Waals surface area (Å²) in [7, 11) is 0. The smallest absolute Gasteiger partial charge is 0.253 e. The highest BCUT2D eigenvalue weighted by atomic mass is 35.5. The van der Waals surface area contributed by atoms with Crippen LogP contribution in [0.2, 0.25) is 5.02 Å². The number of benzene rings is 1. The van der Waals surface area contributed by atoms with Crippen LogP contribution in [0.5, 0.6) is 0 Å². The Morgan fingerprint density at radius 2 is 2.12 bits per heavy atom. The van der Waals surface area contributed by atoms with Gasteiger partial charge in [-0.25, -0.2) is 9.50 Å². The molecule has 0 aliphatic carbocycles. The number of aromatic nitrogens is 4. The monoisotopic (exact) mass is 386 g/mol. The van der Waals surface area contributed by atoms with E-state index in [1.165, 1.54) is 11.8 Å². The summed E-state index contributed by atoms with van der Waals surface area (Å²) in [5.74, 6) is 0.298. The first-order chi connectivity index (χ1) is 12.4. The minimum atomic E-state index is -0.428.